The minimum absolute atomic E-state index is 0.0203. The van der Waals surface area contributed by atoms with Crippen molar-refractivity contribution in [2.45, 2.75) is 92.1 Å². The van der Waals surface area contributed by atoms with Gasteiger partial charge in [0.05, 0.1) is 38.7 Å². The molecule has 0 bridgehead atoms. The monoisotopic (exact) mass is 653 g/mol. The number of aromatic nitrogens is 4. The lowest BCUT2D eigenvalue weighted by Gasteiger charge is -2.37. The van der Waals surface area contributed by atoms with Crippen LogP contribution in [0.1, 0.15) is 67.2 Å². The summed E-state index contributed by atoms with van der Waals surface area (Å²) in [5.41, 5.74) is 5.20. The van der Waals surface area contributed by atoms with Gasteiger partial charge in [-0.25, -0.2) is 24.2 Å². The van der Waals surface area contributed by atoms with Gasteiger partial charge in [0.15, 0.2) is 11.2 Å². The maximum atomic E-state index is 13.3. The highest BCUT2D eigenvalue weighted by Crippen LogP contribution is 2.20. The third kappa shape index (κ3) is 10.3. The van der Waals surface area contributed by atoms with Crippen LogP contribution in [0.2, 0.25) is 0 Å². The van der Waals surface area contributed by atoms with Gasteiger partial charge in [-0.3, -0.25) is 24.1 Å². The molecule has 2 rings (SSSR count). The fourth-order valence-corrected chi connectivity index (χ4v) is 4.79. The number of fused-ring (bicyclic) bond motifs is 1. The summed E-state index contributed by atoms with van der Waals surface area (Å²) in [6, 6.07) is -2.70. The summed E-state index contributed by atoms with van der Waals surface area (Å²) in [6.45, 7) is 9.26. The number of unbranched alkanes of at least 4 members (excludes halogenated alkanes) is 2. The number of nitrogens with one attached hydrogen (secondary N) is 1. The van der Waals surface area contributed by atoms with Crippen molar-refractivity contribution in [3.63, 3.8) is 0 Å². The molecule has 0 radical (unpaired) electrons. The first-order chi connectivity index (χ1) is 21.7. The summed E-state index contributed by atoms with van der Waals surface area (Å²) < 4.78 is 18.3. The van der Waals surface area contributed by atoms with Crippen molar-refractivity contribution < 1.29 is 43.6 Å². The first-order valence-electron chi connectivity index (χ1n) is 15.4. The molecule has 2 amide bonds. The molecular weight excluding hydrogens is 606 g/mol. The molecule has 0 fully saturated rings. The molecule has 2 atom stereocenters. The highest BCUT2D eigenvalue weighted by molar-refractivity contribution is 5.81. The molecule has 17 heteroatoms. The Hall–Kier alpha value is -4.41. The van der Waals surface area contributed by atoms with Crippen LogP contribution < -0.4 is 11.3 Å². The number of carbonyl (C=O) groups is 4. The molecule has 0 aliphatic carbocycles. The Kier molecular flexibility index (Phi) is 14.7. The van der Waals surface area contributed by atoms with Gasteiger partial charge >= 0.3 is 24.1 Å². The highest BCUT2D eigenvalue weighted by atomic mass is 16.6. The smallest absolute Gasteiger partial charge is 0.410 e. The lowest BCUT2D eigenvalue weighted by atomic mass is 10.0. The number of imidazole rings is 1. The third-order valence-electron chi connectivity index (χ3n) is 7.10. The number of carboxylic acid groups (broad SMARTS) is 2. The number of hydrogen-bond acceptors (Lipinski definition) is 11. The number of aliphatic carboxylic acids is 2. The van der Waals surface area contributed by atoms with E-state index in [2.05, 4.69) is 15.0 Å². The number of rotatable bonds is 19. The van der Waals surface area contributed by atoms with Gasteiger partial charge < -0.3 is 30.2 Å². The number of nitrogens with two attached hydrogens (primary N) is 1. The standard InChI is InChI=1S/C29H47N7O10/c1-7-9-11-44-28(42)35(21(17(3)4)25(38)39)13-19(46-16-34-15-31-20-23(34)32-27(30)33-24(20)37)14-36(22(18(5)6)26(40)41)29(43)45-12-10-8-2/h15,17-19,21-22H,7-14,16H2,1-6H3,(H,38,39)(H,40,41)(H3,30,32,33,37)/t21-,22-/m0/s1. The maximum absolute atomic E-state index is 13.3. The molecule has 0 saturated heterocycles. The molecule has 5 N–H and O–H groups in total. The number of hydrogen-bond donors (Lipinski definition) is 4. The average molecular weight is 654 g/mol. The number of ether oxygens (including phenoxy) is 3. The second kappa shape index (κ2) is 17.9. The van der Waals surface area contributed by atoms with E-state index < -0.39 is 72.8 Å². The molecule has 0 aliphatic heterocycles. The molecule has 0 unspecified atom stereocenters. The minimum Gasteiger partial charge on any atom is -0.480 e. The predicted octanol–water partition coefficient (Wildman–Crippen LogP) is 2.74. The van der Waals surface area contributed by atoms with E-state index >= 15 is 0 Å². The Labute approximate surface area is 267 Å². The van der Waals surface area contributed by atoms with Crippen molar-refractivity contribution in [2.75, 3.05) is 32.0 Å². The van der Waals surface area contributed by atoms with Crippen molar-refractivity contribution in [3.05, 3.63) is 16.7 Å². The van der Waals surface area contributed by atoms with Crippen LogP contribution in [0.3, 0.4) is 0 Å². The van der Waals surface area contributed by atoms with Crippen molar-refractivity contribution in [1.29, 1.82) is 0 Å². The second-order valence-electron chi connectivity index (χ2n) is 11.6. The SMILES string of the molecule is CCCCOC(=O)N(CC(CN(C(=O)OCCCC)[C@H](C(=O)O)C(C)C)OCn1cnc2c(=O)[nH]c(N)nc21)[C@H](C(=O)O)C(C)C. The summed E-state index contributed by atoms with van der Waals surface area (Å²) >= 11 is 0. The fourth-order valence-electron chi connectivity index (χ4n) is 4.79. The Morgan fingerprint density at radius 3 is 1.80 bits per heavy atom. The lowest BCUT2D eigenvalue weighted by molar-refractivity contribution is -0.146. The number of carbonyl (C=O) groups excluding carboxylic acids is 2. The van der Waals surface area contributed by atoms with E-state index in [1.807, 2.05) is 13.8 Å². The van der Waals surface area contributed by atoms with Crippen LogP contribution >= 0.6 is 0 Å². The Morgan fingerprint density at radius 1 is 0.913 bits per heavy atom. The quantitative estimate of drug-likeness (QED) is 0.160. The summed E-state index contributed by atoms with van der Waals surface area (Å²) in [5.74, 6) is -3.87. The van der Waals surface area contributed by atoms with Gasteiger partial charge in [-0.15, -0.1) is 0 Å². The number of carboxylic acids is 2. The first kappa shape index (κ1) is 37.8. The summed E-state index contributed by atoms with van der Waals surface area (Å²) in [4.78, 5) is 76.3. The Bertz CT molecular complexity index is 1320. The van der Waals surface area contributed by atoms with Gasteiger partial charge in [0.2, 0.25) is 5.95 Å². The molecule has 258 valence electrons. The molecule has 0 aromatic carbocycles. The maximum Gasteiger partial charge on any atom is 0.410 e. The highest BCUT2D eigenvalue weighted by Gasteiger charge is 2.39. The van der Waals surface area contributed by atoms with Gasteiger partial charge in [0, 0.05) is 0 Å². The van der Waals surface area contributed by atoms with E-state index in [-0.39, 0.29) is 37.1 Å². The molecule has 0 spiro atoms. The van der Waals surface area contributed by atoms with E-state index in [9.17, 15) is 34.2 Å². The molecule has 2 aromatic rings. The van der Waals surface area contributed by atoms with Gasteiger partial charge in [0.1, 0.15) is 18.8 Å². The topological polar surface area (TPSA) is 233 Å². The molecule has 46 heavy (non-hydrogen) atoms. The van der Waals surface area contributed by atoms with E-state index in [0.717, 1.165) is 22.6 Å². The van der Waals surface area contributed by atoms with Crippen LogP contribution in [0.4, 0.5) is 15.5 Å². The number of nitrogen functional groups attached to an aromatic ring is 1. The summed E-state index contributed by atoms with van der Waals surface area (Å²) in [5, 5.41) is 20.2. The third-order valence-corrected chi connectivity index (χ3v) is 7.10. The fraction of sp³-hybridized carbons (Fsp3) is 0.690. The van der Waals surface area contributed by atoms with Crippen LogP contribution in [-0.2, 0) is 30.5 Å². The van der Waals surface area contributed by atoms with Gasteiger partial charge in [0.25, 0.3) is 5.56 Å². The van der Waals surface area contributed by atoms with E-state index in [0.29, 0.717) is 12.8 Å². The van der Waals surface area contributed by atoms with Crippen LogP contribution in [0.15, 0.2) is 11.1 Å². The van der Waals surface area contributed by atoms with Crippen molar-refractivity contribution >= 4 is 41.2 Å². The number of H-pyrrole nitrogens is 1. The zero-order chi connectivity index (χ0) is 34.6. The summed E-state index contributed by atoms with van der Waals surface area (Å²) in [7, 11) is 0. The predicted molar refractivity (Wildman–Crippen MR) is 166 cm³/mol. The largest absolute Gasteiger partial charge is 0.480 e. The number of aromatic amines is 1. The van der Waals surface area contributed by atoms with Crippen molar-refractivity contribution in [3.8, 4) is 0 Å². The van der Waals surface area contributed by atoms with Crippen LogP contribution in [0.5, 0.6) is 0 Å². The molecule has 2 heterocycles. The van der Waals surface area contributed by atoms with Crippen LogP contribution in [0, 0.1) is 11.8 Å². The zero-order valence-corrected chi connectivity index (χ0v) is 27.3. The van der Waals surface area contributed by atoms with E-state index in [4.69, 9.17) is 19.9 Å². The molecule has 2 aromatic heterocycles. The second-order valence-corrected chi connectivity index (χ2v) is 11.6. The molecule has 0 saturated carbocycles. The van der Waals surface area contributed by atoms with Gasteiger partial charge in [-0.2, -0.15) is 4.98 Å². The number of anilines is 1. The Balaban J connectivity index is 2.59. The first-order valence-corrected chi connectivity index (χ1v) is 15.4. The van der Waals surface area contributed by atoms with Crippen molar-refractivity contribution in [2.24, 2.45) is 11.8 Å². The van der Waals surface area contributed by atoms with Crippen LogP contribution in [-0.4, -0.2) is 108 Å². The summed E-state index contributed by atoms with van der Waals surface area (Å²) in [6.07, 6.45) is 0.830. The van der Waals surface area contributed by atoms with Crippen LogP contribution in [0.25, 0.3) is 11.2 Å². The normalized spacial score (nSPS) is 12.8. The van der Waals surface area contributed by atoms with Gasteiger partial charge in [-0.05, 0) is 24.7 Å². The molecular formula is C29H47N7O10. The number of amides is 2. The van der Waals surface area contributed by atoms with Gasteiger partial charge in [-0.1, -0.05) is 54.4 Å². The lowest BCUT2D eigenvalue weighted by Crippen LogP contribution is -2.56. The average Bonchev–Trinajstić information content (AvgIpc) is 3.37. The zero-order valence-electron chi connectivity index (χ0n) is 27.3. The minimum atomic E-state index is -1.35. The molecule has 0 aliphatic rings. The Morgan fingerprint density at radius 2 is 1.39 bits per heavy atom. The van der Waals surface area contributed by atoms with E-state index in [1.54, 1.807) is 27.7 Å². The van der Waals surface area contributed by atoms with Crippen molar-refractivity contribution in [1.82, 2.24) is 29.3 Å². The van der Waals surface area contributed by atoms with E-state index in [1.165, 1.54) is 10.9 Å². The molecule has 17 nitrogen and oxygen atoms in total. The number of nitrogens with zero attached hydrogens (tertiary/aromatic N) is 5.